The zero-order valence-electron chi connectivity index (χ0n) is 23.7. The van der Waals surface area contributed by atoms with Crippen molar-refractivity contribution < 1.29 is 23.8 Å². The Morgan fingerprint density at radius 1 is 1.10 bits per heavy atom. The summed E-state index contributed by atoms with van der Waals surface area (Å²) in [6, 6.07) is 16.0. The van der Waals surface area contributed by atoms with Crippen LogP contribution < -0.4 is 10.5 Å². The lowest BCUT2D eigenvalue weighted by atomic mass is 9.93. The molecule has 2 unspecified atom stereocenters. The maximum atomic E-state index is 13.6. The Kier molecular flexibility index (Phi) is 7.90. The fourth-order valence-electron chi connectivity index (χ4n) is 5.65. The van der Waals surface area contributed by atoms with E-state index in [-0.39, 0.29) is 24.8 Å². The van der Waals surface area contributed by atoms with Gasteiger partial charge in [-0.2, -0.15) is 0 Å². The molecule has 5 rings (SSSR count). The molecule has 2 aromatic carbocycles. The maximum absolute atomic E-state index is 13.6. The van der Waals surface area contributed by atoms with Crippen LogP contribution in [-0.4, -0.2) is 53.8 Å². The van der Waals surface area contributed by atoms with Crippen LogP contribution in [-0.2, 0) is 29.0 Å². The monoisotopic (exact) mass is 563 g/mol. The number of hydrogen-bond donors (Lipinski definition) is 1. The summed E-state index contributed by atoms with van der Waals surface area (Å²) in [5, 5.41) is 0.483. The molecule has 2 N–H and O–H groups in total. The Morgan fingerprint density at radius 2 is 1.85 bits per heavy atom. The summed E-state index contributed by atoms with van der Waals surface area (Å²) in [5.74, 6) is 0.247. The van der Waals surface area contributed by atoms with E-state index in [1.54, 1.807) is 7.11 Å². The molecule has 2 atom stereocenters. The van der Waals surface area contributed by atoms with Crippen molar-refractivity contribution in [3.05, 3.63) is 81.2 Å². The molecule has 2 aliphatic rings. The van der Waals surface area contributed by atoms with E-state index in [2.05, 4.69) is 24.0 Å². The van der Waals surface area contributed by atoms with Crippen molar-refractivity contribution in [1.29, 1.82) is 0 Å². The van der Waals surface area contributed by atoms with Gasteiger partial charge < -0.3 is 24.8 Å². The number of esters is 1. The first-order chi connectivity index (χ1) is 19.1. The summed E-state index contributed by atoms with van der Waals surface area (Å²) in [5.41, 5.74) is 9.93. The van der Waals surface area contributed by atoms with Gasteiger partial charge >= 0.3 is 5.97 Å². The molecular formula is C31H37N3O5S. The number of amides is 1. The average molecular weight is 564 g/mol. The number of rotatable bonds is 8. The van der Waals surface area contributed by atoms with E-state index in [4.69, 9.17) is 19.9 Å². The van der Waals surface area contributed by atoms with Gasteiger partial charge in [-0.1, -0.05) is 36.4 Å². The molecule has 1 amide bonds. The lowest BCUT2D eigenvalue weighted by Crippen LogP contribution is -2.48. The first kappa shape index (κ1) is 28.1. The molecular weight excluding hydrogens is 526 g/mol. The number of nitrogen functional groups attached to an aromatic ring is 1. The number of nitrogens with zero attached hydrogens (tertiary/aromatic N) is 2. The summed E-state index contributed by atoms with van der Waals surface area (Å²) in [6.45, 7) is 9.45. The molecule has 0 radical (unpaired) electrons. The maximum Gasteiger partial charge on any atom is 0.341 e. The summed E-state index contributed by atoms with van der Waals surface area (Å²) >= 11 is 1.46. The van der Waals surface area contributed by atoms with Gasteiger partial charge in [0.05, 0.1) is 12.1 Å². The lowest BCUT2D eigenvalue weighted by molar-refractivity contribution is 0.00675. The van der Waals surface area contributed by atoms with Crippen LogP contribution in [0.1, 0.15) is 76.0 Å². The fraction of sp³-hybridized carbons (Fsp3) is 0.419. The molecule has 212 valence electrons. The minimum atomic E-state index is -0.628. The number of nitrogens with two attached hydrogens (primary N) is 1. The number of benzene rings is 2. The molecule has 0 spiro atoms. The molecule has 0 bridgehead atoms. The van der Waals surface area contributed by atoms with E-state index < -0.39 is 11.6 Å². The highest BCUT2D eigenvalue weighted by atomic mass is 32.1. The smallest absolute Gasteiger partial charge is 0.341 e. The normalized spacial score (nSPS) is 17.9. The van der Waals surface area contributed by atoms with Crippen molar-refractivity contribution in [2.75, 3.05) is 26.2 Å². The number of fused-ring (bicyclic) bond motifs is 2. The van der Waals surface area contributed by atoms with E-state index >= 15 is 0 Å². The van der Waals surface area contributed by atoms with Gasteiger partial charge in [0.25, 0.3) is 5.91 Å². The van der Waals surface area contributed by atoms with Crippen LogP contribution in [0.15, 0.2) is 48.5 Å². The van der Waals surface area contributed by atoms with Crippen molar-refractivity contribution in [3.8, 4) is 5.75 Å². The van der Waals surface area contributed by atoms with Crippen LogP contribution in [0.3, 0.4) is 0 Å². The first-order valence-corrected chi connectivity index (χ1v) is 14.4. The Morgan fingerprint density at radius 3 is 2.55 bits per heavy atom. The number of methoxy groups -OCH3 is 1. The van der Waals surface area contributed by atoms with Gasteiger partial charge in [-0.05, 0) is 57.4 Å². The number of thiophene rings is 1. The highest BCUT2D eigenvalue weighted by molar-refractivity contribution is 7.16. The van der Waals surface area contributed by atoms with E-state index in [1.165, 1.54) is 16.9 Å². The highest BCUT2D eigenvalue weighted by Gasteiger charge is 2.39. The van der Waals surface area contributed by atoms with Crippen molar-refractivity contribution in [3.63, 3.8) is 0 Å². The number of carbonyl (C=O) groups excluding carboxylic acids is 2. The lowest BCUT2D eigenvalue weighted by Gasteiger charge is -2.41. The summed E-state index contributed by atoms with van der Waals surface area (Å²) < 4.78 is 16.6. The van der Waals surface area contributed by atoms with Crippen molar-refractivity contribution in [1.82, 2.24) is 9.80 Å². The first-order valence-electron chi connectivity index (χ1n) is 13.5. The van der Waals surface area contributed by atoms with E-state index in [9.17, 15) is 9.59 Å². The third-order valence-electron chi connectivity index (χ3n) is 7.50. The SMILES string of the molecule is COCOc1cccc2c1CN(CC1Cc3c(sc(N)c3C(=O)OC(C)(C)C)CN1C(C)c1ccccc1)C2=O. The van der Waals surface area contributed by atoms with Gasteiger partial charge in [0.1, 0.15) is 16.4 Å². The van der Waals surface area contributed by atoms with Crippen molar-refractivity contribution >= 4 is 28.2 Å². The molecule has 8 nitrogen and oxygen atoms in total. The number of hydrogen-bond acceptors (Lipinski definition) is 8. The number of carbonyl (C=O) groups is 2. The van der Waals surface area contributed by atoms with Gasteiger partial charge in [0.15, 0.2) is 6.79 Å². The Hall–Kier alpha value is -3.40. The highest BCUT2D eigenvalue weighted by Crippen LogP contribution is 2.41. The van der Waals surface area contributed by atoms with E-state index in [0.29, 0.717) is 47.9 Å². The van der Waals surface area contributed by atoms with Crippen LogP contribution in [0.25, 0.3) is 0 Å². The van der Waals surface area contributed by atoms with Crippen LogP contribution in [0, 0.1) is 0 Å². The van der Waals surface area contributed by atoms with E-state index in [1.807, 2.05) is 62.1 Å². The molecule has 0 aliphatic carbocycles. The summed E-state index contributed by atoms with van der Waals surface area (Å²) in [4.78, 5) is 32.2. The van der Waals surface area contributed by atoms with Crippen LogP contribution in [0.5, 0.6) is 5.75 Å². The standard InChI is InChI=1S/C31H37N3O5S/c1-19(20-10-7-6-8-11-20)34-17-26-23(27(28(32)40-26)30(36)39-31(2,3)4)14-21(34)15-33-16-24-22(29(33)35)12-9-13-25(24)38-18-37-5/h6-13,19,21H,14-18,32H2,1-5H3. The van der Waals surface area contributed by atoms with Gasteiger partial charge in [0.2, 0.25) is 0 Å². The van der Waals surface area contributed by atoms with Crippen molar-refractivity contribution in [2.24, 2.45) is 0 Å². The number of ether oxygens (including phenoxy) is 3. The minimum absolute atomic E-state index is 0.0202. The zero-order chi connectivity index (χ0) is 28.6. The Bertz CT molecular complexity index is 1400. The topological polar surface area (TPSA) is 94.3 Å². The number of anilines is 1. The molecule has 0 fully saturated rings. The van der Waals surface area contributed by atoms with E-state index in [0.717, 1.165) is 16.0 Å². The minimum Gasteiger partial charge on any atom is -0.467 e. The van der Waals surface area contributed by atoms with Crippen molar-refractivity contribution in [2.45, 2.75) is 64.9 Å². The second-order valence-corrected chi connectivity index (χ2v) is 12.5. The Balaban J connectivity index is 1.47. The molecule has 1 aromatic heterocycles. The second-order valence-electron chi connectivity index (χ2n) is 11.4. The largest absolute Gasteiger partial charge is 0.467 e. The summed E-state index contributed by atoms with van der Waals surface area (Å²) in [7, 11) is 1.57. The zero-order valence-corrected chi connectivity index (χ0v) is 24.5. The summed E-state index contributed by atoms with van der Waals surface area (Å²) in [6.07, 6.45) is 0.585. The molecule has 2 aliphatic heterocycles. The van der Waals surface area contributed by atoms with Gasteiger partial charge in [-0.3, -0.25) is 9.69 Å². The molecule has 40 heavy (non-hydrogen) atoms. The second kappa shape index (κ2) is 11.2. The van der Waals surface area contributed by atoms with Gasteiger partial charge in [-0.15, -0.1) is 11.3 Å². The molecule has 0 saturated carbocycles. The van der Waals surface area contributed by atoms with Gasteiger partial charge in [0, 0.05) is 48.3 Å². The fourth-order valence-corrected chi connectivity index (χ4v) is 6.74. The van der Waals surface area contributed by atoms with Crippen LogP contribution in [0.4, 0.5) is 5.00 Å². The Labute approximate surface area is 239 Å². The molecule has 3 heterocycles. The molecule has 9 heteroatoms. The third-order valence-corrected chi connectivity index (χ3v) is 8.54. The predicted molar refractivity (Wildman–Crippen MR) is 155 cm³/mol. The molecule has 0 saturated heterocycles. The molecule has 3 aromatic rings. The van der Waals surface area contributed by atoms with Gasteiger partial charge in [-0.25, -0.2) is 4.79 Å². The predicted octanol–water partition coefficient (Wildman–Crippen LogP) is 5.41. The van der Waals surface area contributed by atoms with Crippen LogP contribution in [0.2, 0.25) is 0 Å². The van der Waals surface area contributed by atoms with Crippen LogP contribution >= 0.6 is 11.3 Å². The third kappa shape index (κ3) is 5.59. The quantitative estimate of drug-likeness (QED) is 0.289. The average Bonchev–Trinajstić information content (AvgIpc) is 3.41.